The van der Waals surface area contributed by atoms with Gasteiger partial charge in [-0.15, -0.1) is 24.0 Å². The van der Waals surface area contributed by atoms with E-state index in [1.807, 2.05) is 40.0 Å². The number of aromatic nitrogens is 4. The molecule has 10 nitrogen and oxygen atoms in total. The first-order chi connectivity index (χ1) is 14.3. The molecule has 1 amide bonds. The van der Waals surface area contributed by atoms with Gasteiger partial charge in [0.05, 0.1) is 13.1 Å². The van der Waals surface area contributed by atoms with Crippen LogP contribution in [0.4, 0.5) is 4.79 Å². The van der Waals surface area contributed by atoms with Gasteiger partial charge >= 0.3 is 6.09 Å². The van der Waals surface area contributed by atoms with Crippen LogP contribution in [0, 0.1) is 0 Å². The lowest BCUT2D eigenvalue weighted by molar-refractivity contribution is 0.0232. The van der Waals surface area contributed by atoms with Crippen molar-refractivity contribution in [1.82, 2.24) is 35.3 Å². The number of aliphatic imine (C=N–C) groups is 1. The van der Waals surface area contributed by atoms with Crippen molar-refractivity contribution >= 4 is 36.0 Å². The van der Waals surface area contributed by atoms with Crippen LogP contribution in [0.1, 0.15) is 38.6 Å². The minimum Gasteiger partial charge on any atom is -0.444 e. The number of rotatable bonds is 8. The van der Waals surface area contributed by atoms with Gasteiger partial charge in [-0.3, -0.25) is 14.7 Å². The molecule has 31 heavy (non-hydrogen) atoms. The highest BCUT2D eigenvalue weighted by Gasteiger charge is 2.22. The molecule has 0 spiro atoms. The summed E-state index contributed by atoms with van der Waals surface area (Å²) in [5.41, 5.74) is 0.409. The Morgan fingerprint density at radius 3 is 2.68 bits per heavy atom. The standard InChI is InChI=1S/C20H32N8O2.HI/c1-20(2,3)30-19(29)28(14-16-8-6-9-22-12-16)11-7-10-23-18(21-4)24-13-17-25-15-26-27(17)5;/h6,8-9,12,15H,7,10-11,13-14H2,1-5H3,(H2,21,23,24);1H. The van der Waals surface area contributed by atoms with Gasteiger partial charge in [0.1, 0.15) is 17.8 Å². The maximum Gasteiger partial charge on any atom is 0.410 e. The van der Waals surface area contributed by atoms with E-state index in [0.29, 0.717) is 32.1 Å². The van der Waals surface area contributed by atoms with Gasteiger partial charge in [-0.2, -0.15) is 5.10 Å². The summed E-state index contributed by atoms with van der Waals surface area (Å²) in [7, 11) is 3.55. The first kappa shape index (κ1) is 26.6. The molecule has 0 unspecified atom stereocenters. The van der Waals surface area contributed by atoms with Crippen molar-refractivity contribution in [3.63, 3.8) is 0 Å². The number of carbonyl (C=O) groups is 1. The van der Waals surface area contributed by atoms with E-state index in [1.54, 1.807) is 29.0 Å². The van der Waals surface area contributed by atoms with Gasteiger partial charge in [-0.05, 0) is 38.8 Å². The molecule has 0 aromatic carbocycles. The average molecular weight is 544 g/mol. The van der Waals surface area contributed by atoms with E-state index in [0.717, 1.165) is 17.8 Å². The largest absolute Gasteiger partial charge is 0.444 e. The first-order valence-electron chi connectivity index (χ1n) is 9.92. The van der Waals surface area contributed by atoms with Crippen LogP contribution in [0.5, 0.6) is 0 Å². The number of guanidine groups is 1. The molecule has 11 heteroatoms. The van der Waals surface area contributed by atoms with Crippen molar-refractivity contribution in [2.75, 3.05) is 20.1 Å². The fourth-order valence-corrected chi connectivity index (χ4v) is 2.61. The van der Waals surface area contributed by atoms with Crippen LogP contribution in [0.25, 0.3) is 0 Å². The van der Waals surface area contributed by atoms with E-state index in [9.17, 15) is 4.79 Å². The van der Waals surface area contributed by atoms with E-state index in [-0.39, 0.29) is 30.1 Å². The molecule has 2 aromatic heterocycles. The van der Waals surface area contributed by atoms with Crippen molar-refractivity contribution in [2.24, 2.45) is 12.0 Å². The van der Waals surface area contributed by atoms with Gasteiger partial charge < -0.3 is 20.3 Å². The third kappa shape index (κ3) is 9.94. The molecule has 0 aliphatic carbocycles. The zero-order chi connectivity index (χ0) is 22.0. The van der Waals surface area contributed by atoms with Gasteiger partial charge in [0, 0.05) is 39.6 Å². The Morgan fingerprint density at radius 1 is 1.32 bits per heavy atom. The minimum atomic E-state index is -0.547. The van der Waals surface area contributed by atoms with Gasteiger partial charge in [-0.25, -0.2) is 9.78 Å². The van der Waals surface area contributed by atoms with E-state index in [2.05, 4.69) is 30.7 Å². The maximum atomic E-state index is 12.6. The zero-order valence-corrected chi connectivity index (χ0v) is 21.2. The summed E-state index contributed by atoms with van der Waals surface area (Å²) in [4.78, 5) is 26.8. The smallest absolute Gasteiger partial charge is 0.410 e. The normalized spacial score (nSPS) is 11.5. The molecule has 0 radical (unpaired) electrons. The molecule has 2 rings (SSSR count). The maximum absolute atomic E-state index is 12.6. The van der Waals surface area contributed by atoms with Crippen LogP contribution >= 0.6 is 24.0 Å². The topological polar surface area (TPSA) is 110 Å². The Kier molecular flexibility index (Phi) is 11.2. The molecule has 0 saturated carbocycles. The first-order valence-corrected chi connectivity index (χ1v) is 9.92. The Balaban J connectivity index is 0.00000480. The van der Waals surface area contributed by atoms with Crippen LogP contribution in [-0.4, -0.2) is 62.4 Å². The van der Waals surface area contributed by atoms with Gasteiger partial charge in [0.25, 0.3) is 0 Å². The summed E-state index contributed by atoms with van der Waals surface area (Å²) >= 11 is 0. The van der Waals surface area contributed by atoms with Crippen LogP contribution in [-0.2, 0) is 24.9 Å². The number of pyridine rings is 1. The lowest BCUT2D eigenvalue weighted by atomic mass is 10.2. The lowest BCUT2D eigenvalue weighted by Crippen LogP contribution is -2.40. The molecule has 2 aromatic rings. The SMILES string of the molecule is CN=C(NCCCN(Cc1cccnc1)C(=O)OC(C)(C)C)NCc1ncnn1C.I. The summed E-state index contributed by atoms with van der Waals surface area (Å²) in [6.45, 7) is 7.73. The molecule has 0 aliphatic rings. The zero-order valence-electron chi connectivity index (χ0n) is 18.8. The quantitative estimate of drug-likeness (QED) is 0.227. The van der Waals surface area contributed by atoms with Crippen LogP contribution in [0.3, 0.4) is 0 Å². The predicted molar refractivity (Wildman–Crippen MR) is 130 cm³/mol. The summed E-state index contributed by atoms with van der Waals surface area (Å²) in [6.07, 6.45) is 5.38. The van der Waals surface area contributed by atoms with Crippen molar-refractivity contribution in [1.29, 1.82) is 0 Å². The second-order valence-corrected chi connectivity index (χ2v) is 7.77. The Hall–Kier alpha value is -2.44. The third-order valence-electron chi connectivity index (χ3n) is 4.09. The number of nitrogens with zero attached hydrogens (tertiary/aromatic N) is 6. The Morgan fingerprint density at radius 2 is 2.10 bits per heavy atom. The van der Waals surface area contributed by atoms with E-state index < -0.39 is 5.60 Å². The number of hydrogen-bond acceptors (Lipinski definition) is 6. The number of carbonyl (C=O) groups excluding carboxylic acids is 1. The average Bonchev–Trinajstić information content (AvgIpc) is 3.10. The van der Waals surface area contributed by atoms with E-state index in [4.69, 9.17) is 4.74 Å². The van der Waals surface area contributed by atoms with E-state index >= 15 is 0 Å². The van der Waals surface area contributed by atoms with E-state index in [1.165, 1.54) is 6.33 Å². The fourth-order valence-electron chi connectivity index (χ4n) is 2.61. The highest BCUT2D eigenvalue weighted by Crippen LogP contribution is 2.12. The molecule has 0 bridgehead atoms. The highest BCUT2D eigenvalue weighted by atomic mass is 127. The number of ether oxygens (including phenoxy) is 1. The van der Waals surface area contributed by atoms with Gasteiger partial charge in [-0.1, -0.05) is 6.07 Å². The summed E-state index contributed by atoms with van der Waals surface area (Å²) in [5.74, 6) is 1.47. The van der Waals surface area contributed by atoms with Crippen molar-refractivity contribution in [3.05, 3.63) is 42.2 Å². The minimum absolute atomic E-state index is 0. The summed E-state index contributed by atoms with van der Waals surface area (Å²) < 4.78 is 7.26. The third-order valence-corrected chi connectivity index (χ3v) is 4.09. The molecule has 2 heterocycles. The van der Waals surface area contributed by atoms with Crippen molar-refractivity contribution in [2.45, 2.75) is 45.9 Å². The lowest BCUT2D eigenvalue weighted by Gasteiger charge is -2.27. The number of nitrogens with one attached hydrogen (secondary N) is 2. The Bertz CT molecular complexity index is 820. The molecule has 0 fully saturated rings. The Labute approximate surface area is 200 Å². The predicted octanol–water partition coefficient (Wildman–Crippen LogP) is 2.32. The van der Waals surface area contributed by atoms with Crippen LogP contribution in [0.2, 0.25) is 0 Å². The second kappa shape index (κ2) is 13.1. The fraction of sp³-hybridized carbons (Fsp3) is 0.550. The second-order valence-electron chi connectivity index (χ2n) is 7.77. The number of halogens is 1. The molecule has 0 atom stereocenters. The molecular formula is C20H33IN8O2. The molecule has 0 saturated heterocycles. The summed E-state index contributed by atoms with van der Waals surface area (Å²) in [5, 5.41) is 10.5. The molecular weight excluding hydrogens is 511 g/mol. The highest BCUT2D eigenvalue weighted by molar-refractivity contribution is 14.0. The molecule has 172 valence electrons. The summed E-state index contributed by atoms with van der Waals surface area (Å²) in [6, 6.07) is 3.80. The van der Waals surface area contributed by atoms with Crippen LogP contribution in [0.15, 0.2) is 35.8 Å². The number of amides is 1. The molecule has 2 N–H and O–H groups in total. The number of aryl methyl sites for hydroxylation is 1. The molecule has 0 aliphatic heterocycles. The number of hydrogen-bond donors (Lipinski definition) is 2. The monoisotopic (exact) mass is 544 g/mol. The van der Waals surface area contributed by atoms with Gasteiger partial charge in [0.2, 0.25) is 0 Å². The van der Waals surface area contributed by atoms with Crippen molar-refractivity contribution in [3.8, 4) is 0 Å². The van der Waals surface area contributed by atoms with Crippen LogP contribution < -0.4 is 10.6 Å². The van der Waals surface area contributed by atoms with Crippen molar-refractivity contribution < 1.29 is 9.53 Å². The van der Waals surface area contributed by atoms with Gasteiger partial charge in [0.15, 0.2) is 5.96 Å².